The van der Waals surface area contributed by atoms with Gasteiger partial charge in [-0.05, 0) is 36.4 Å². The Hall–Kier alpha value is -3.93. The summed E-state index contributed by atoms with van der Waals surface area (Å²) >= 11 is 0. The van der Waals surface area contributed by atoms with E-state index in [2.05, 4.69) is 20.6 Å². The summed E-state index contributed by atoms with van der Waals surface area (Å²) in [6, 6.07) is 9.97. The Morgan fingerprint density at radius 1 is 0.963 bits per heavy atom. The predicted molar refractivity (Wildman–Crippen MR) is 90.7 cm³/mol. The summed E-state index contributed by atoms with van der Waals surface area (Å²) in [6.45, 7) is 0. The zero-order valence-corrected chi connectivity index (χ0v) is 13.5. The third kappa shape index (κ3) is 4.01. The van der Waals surface area contributed by atoms with Gasteiger partial charge in [-0.15, -0.1) is 0 Å². The second-order valence-electron chi connectivity index (χ2n) is 5.29. The van der Waals surface area contributed by atoms with E-state index < -0.39 is 23.4 Å². The fourth-order valence-corrected chi connectivity index (χ4v) is 2.08. The molecule has 0 aliphatic rings. The number of aromatic nitrogens is 2. The molecule has 0 fully saturated rings. The van der Waals surface area contributed by atoms with Crippen LogP contribution >= 0.6 is 0 Å². The molecule has 27 heavy (non-hydrogen) atoms. The summed E-state index contributed by atoms with van der Waals surface area (Å²) < 4.78 is 39.8. The van der Waals surface area contributed by atoms with E-state index >= 15 is 0 Å². The highest BCUT2D eigenvalue weighted by atomic mass is 19.2. The summed E-state index contributed by atoms with van der Waals surface area (Å²) in [4.78, 5) is 19.8. The van der Waals surface area contributed by atoms with E-state index in [1.54, 1.807) is 24.3 Å². The van der Waals surface area contributed by atoms with Gasteiger partial charge in [-0.2, -0.15) is 5.26 Å². The number of rotatable bonds is 4. The number of nitrogens with one attached hydrogen (secondary N) is 2. The Morgan fingerprint density at radius 2 is 1.63 bits per heavy atom. The maximum atomic E-state index is 13.6. The first-order valence-corrected chi connectivity index (χ1v) is 7.52. The molecule has 3 aromatic rings. The SMILES string of the molecule is N#Cc1ccc(NC(=O)c2cnc(Nc3ccc(F)c(F)c3F)nc2)cc1. The Labute approximate surface area is 151 Å². The maximum absolute atomic E-state index is 13.6. The molecule has 0 bridgehead atoms. The van der Waals surface area contributed by atoms with Crippen LogP contribution in [0.1, 0.15) is 15.9 Å². The first-order chi connectivity index (χ1) is 13.0. The van der Waals surface area contributed by atoms with Crippen molar-refractivity contribution in [2.45, 2.75) is 0 Å². The van der Waals surface area contributed by atoms with E-state index in [-0.39, 0.29) is 17.2 Å². The second-order valence-corrected chi connectivity index (χ2v) is 5.29. The van der Waals surface area contributed by atoms with Crippen LogP contribution < -0.4 is 10.6 Å². The van der Waals surface area contributed by atoms with Gasteiger partial charge in [-0.25, -0.2) is 23.1 Å². The van der Waals surface area contributed by atoms with Crippen LogP contribution in [0.4, 0.5) is 30.5 Å². The molecular weight excluding hydrogens is 359 g/mol. The molecule has 0 spiro atoms. The van der Waals surface area contributed by atoms with E-state index in [1.165, 1.54) is 12.4 Å². The van der Waals surface area contributed by atoms with E-state index in [1.807, 2.05) is 6.07 Å². The summed E-state index contributed by atoms with van der Waals surface area (Å²) in [6.07, 6.45) is 2.37. The van der Waals surface area contributed by atoms with Gasteiger partial charge in [0.05, 0.1) is 22.9 Å². The van der Waals surface area contributed by atoms with Gasteiger partial charge in [-0.1, -0.05) is 0 Å². The fraction of sp³-hybridized carbons (Fsp3) is 0. The molecule has 1 amide bonds. The molecule has 0 atom stereocenters. The van der Waals surface area contributed by atoms with Crippen molar-refractivity contribution in [2.75, 3.05) is 10.6 Å². The molecule has 134 valence electrons. The van der Waals surface area contributed by atoms with Gasteiger partial charge in [0, 0.05) is 18.1 Å². The fourth-order valence-electron chi connectivity index (χ4n) is 2.08. The van der Waals surface area contributed by atoms with E-state index in [0.717, 1.165) is 12.1 Å². The highest BCUT2D eigenvalue weighted by molar-refractivity contribution is 6.03. The maximum Gasteiger partial charge on any atom is 0.258 e. The third-order valence-corrected chi connectivity index (χ3v) is 3.47. The summed E-state index contributed by atoms with van der Waals surface area (Å²) in [7, 11) is 0. The summed E-state index contributed by atoms with van der Waals surface area (Å²) in [5.74, 6) is -4.92. The Morgan fingerprint density at radius 3 is 2.26 bits per heavy atom. The summed E-state index contributed by atoms with van der Waals surface area (Å²) in [5, 5.41) is 13.7. The van der Waals surface area contributed by atoms with Crippen LogP contribution in [0.3, 0.4) is 0 Å². The molecule has 2 N–H and O–H groups in total. The quantitative estimate of drug-likeness (QED) is 0.684. The monoisotopic (exact) mass is 369 g/mol. The van der Waals surface area contributed by atoms with Gasteiger partial charge < -0.3 is 10.6 Å². The molecule has 9 heteroatoms. The van der Waals surface area contributed by atoms with Crippen molar-refractivity contribution < 1.29 is 18.0 Å². The average Bonchev–Trinajstić information content (AvgIpc) is 2.69. The van der Waals surface area contributed by atoms with E-state index in [9.17, 15) is 18.0 Å². The van der Waals surface area contributed by atoms with Gasteiger partial charge in [0.2, 0.25) is 5.95 Å². The number of nitrogens with zero attached hydrogens (tertiary/aromatic N) is 3. The molecule has 0 unspecified atom stereocenters. The van der Waals surface area contributed by atoms with Crippen LogP contribution in [0.15, 0.2) is 48.8 Å². The van der Waals surface area contributed by atoms with Crippen molar-refractivity contribution in [3.63, 3.8) is 0 Å². The van der Waals surface area contributed by atoms with Gasteiger partial charge >= 0.3 is 0 Å². The van der Waals surface area contributed by atoms with Crippen LogP contribution in [0.25, 0.3) is 0 Å². The average molecular weight is 369 g/mol. The second kappa shape index (κ2) is 7.53. The topological polar surface area (TPSA) is 90.7 Å². The molecule has 0 aliphatic heterocycles. The number of amides is 1. The lowest BCUT2D eigenvalue weighted by atomic mass is 10.2. The number of carbonyl (C=O) groups excluding carboxylic acids is 1. The number of benzene rings is 2. The van der Waals surface area contributed by atoms with Crippen molar-refractivity contribution >= 4 is 23.2 Å². The molecule has 1 aromatic heterocycles. The van der Waals surface area contributed by atoms with Gasteiger partial charge in [0.1, 0.15) is 0 Å². The van der Waals surface area contributed by atoms with Crippen LogP contribution in [-0.2, 0) is 0 Å². The minimum atomic E-state index is -1.61. The largest absolute Gasteiger partial charge is 0.322 e. The molecule has 0 radical (unpaired) electrons. The molecule has 0 aliphatic carbocycles. The van der Waals surface area contributed by atoms with Crippen molar-refractivity contribution in [1.82, 2.24) is 9.97 Å². The van der Waals surface area contributed by atoms with E-state index in [0.29, 0.717) is 11.3 Å². The third-order valence-electron chi connectivity index (χ3n) is 3.47. The van der Waals surface area contributed by atoms with Gasteiger partial charge in [0.25, 0.3) is 5.91 Å². The smallest absolute Gasteiger partial charge is 0.258 e. The normalized spacial score (nSPS) is 10.1. The van der Waals surface area contributed by atoms with Crippen molar-refractivity contribution in [3.8, 4) is 6.07 Å². The Kier molecular flexibility index (Phi) is 4.99. The number of hydrogen-bond donors (Lipinski definition) is 2. The standard InChI is InChI=1S/C18H10F3N5O/c19-13-5-6-14(16(21)15(13)20)26-18-23-8-11(9-24-18)17(27)25-12-3-1-10(7-22)2-4-12/h1-6,8-9H,(H,25,27)(H,23,24,26). The van der Waals surface area contributed by atoms with Crippen molar-refractivity contribution in [3.05, 3.63) is 77.4 Å². The van der Waals surface area contributed by atoms with Crippen LogP contribution in [-0.4, -0.2) is 15.9 Å². The number of halogens is 3. The Bertz CT molecular complexity index is 1030. The lowest BCUT2D eigenvalue weighted by Gasteiger charge is -2.08. The van der Waals surface area contributed by atoms with Crippen molar-refractivity contribution in [2.24, 2.45) is 0 Å². The first-order valence-electron chi connectivity index (χ1n) is 7.52. The molecule has 1 heterocycles. The highest BCUT2D eigenvalue weighted by Crippen LogP contribution is 2.22. The van der Waals surface area contributed by atoms with Crippen molar-refractivity contribution in [1.29, 1.82) is 5.26 Å². The lowest BCUT2D eigenvalue weighted by molar-refractivity contribution is 0.102. The first kappa shape index (κ1) is 17.9. The van der Waals surface area contributed by atoms with Crippen LogP contribution in [0.2, 0.25) is 0 Å². The molecule has 0 saturated carbocycles. The van der Waals surface area contributed by atoms with Crippen LogP contribution in [0.5, 0.6) is 0 Å². The predicted octanol–water partition coefficient (Wildman–Crippen LogP) is 3.76. The van der Waals surface area contributed by atoms with Crippen LogP contribution in [0, 0.1) is 28.8 Å². The molecule has 0 saturated heterocycles. The number of anilines is 3. The summed E-state index contributed by atoms with van der Waals surface area (Å²) in [5.41, 5.74) is 0.709. The highest BCUT2D eigenvalue weighted by Gasteiger charge is 2.14. The zero-order chi connectivity index (χ0) is 19.4. The Balaban J connectivity index is 1.70. The minimum Gasteiger partial charge on any atom is -0.322 e. The van der Waals surface area contributed by atoms with E-state index in [4.69, 9.17) is 5.26 Å². The molecule has 3 rings (SSSR count). The molecular formula is C18H10F3N5O. The zero-order valence-electron chi connectivity index (χ0n) is 13.5. The molecule has 6 nitrogen and oxygen atoms in total. The van der Waals surface area contributed by atoms with Gasteiger partial charge in [-0.3, -0.25) is 4.79 Å². The number of hydrogen-bond acceptors (Lipinski definition) is 5. The minimum absolute atomic E-state index is 0.102. The van der Waals surface area contributed by atoms with Gasteiger partial charge in [0.15, 0.2) is 17.5 Å². The lowest BCUT2D eigenvalue weighted by Crippen LogP contribution is -2.13. The number of nitriles is 1. The molecule has 2 aromatic carbocycles. The number of carbonyl (C=O) groups is 1.